The van der Waals surface area contributed by atoms with Gasteiger partial charge in [-0.3, -0.25) is 0 Å². The van der Waals surface area contributed by atoms with E-state index >= 15 is 0 Å². The van der Waals surface area contributed by atoms with Crippen LogP contribution in [0.5, 0.6) is 0 Å². The van der Waals surface area contributed by atoms with Crippen LogP contribution in [-0.2, 0) is 4.79 Å². The third-order valence-corrected chi connectivity index (χ3v) is 7.05. The summed E-state index contributed by atoms with van der Waals surface area (Å²) >= 11 is 0. The van der Waals surface area contributed by atoms with Crippen LogP contribution in [0.4, 0.5) is 0 Å². The normalized spacial score (nSPS) is 12.2. The first-order valence-corrected chi connectivity index (χ1v) is 15.1. The Hall–Kier alpha value is 0.210. The molecule has 1 atom stereocenters. The van der Waals surface area contributed by atoms with E-state index in [9.17, 15) is 9.90 Å². The van der Waals surface area contributed by atoms with E-state index in [0.29, 0.717) is 0 Å². The number of unbranched alkanes of at least 4 members (excludes halogenated alkanes) is 20. The van der Waals surface area contributed by atoms with E-state index in [1.807, 2.05) is 0 Å². The molecule has 0 aliphatic heterocycles. The SMILES string of the molecule is CCCCCCCC/C=C\CCCCCCCCCC(CCCCCCCCCC)C(=O)[O-].[Na+]. The minimum Gasteiger partial charge on any atom is -0.550 e. The van der Waals surface area contributed by atoms with Gasteiger partial charge in [0.1, 0.15) is 0 Å². The first kappa shape index (κ1) is 36.4. The summed E-state index contributed by atoms with van der Waals surface area (Å²) in [5, 5.41) is 11.4. The number of hydrogen-bond donors (Lipinski definition) is 0. The van der Waals surface area contributed by atoms with Gasteiger partial charge in [0.05, 0.1) is 0 Å². The molecule has 0 aliphatic carbocycles. The maximum absolute atomic E-state index is 11.4. The molecule has 0 N–H and O–H groups in total. The number of carboxylic acid groups (broad SMARTS) is 1. The second-order valence-electron chi connectivity index (χ2n) is 10.4. The molecule has 0 aromatic carbocycles. The molecule has 3 heteroatoms. The first-order chi connectivity index (χ1) is 16.2. The minimum atomic E-state index is -0.817. The molecule has 1 unspecified atom stereocenters. The van der Waals surface area contributed by atoms with Crippen LogP contribution in [-0.4, -0.2) is 5.97 Å². The average molecular weight is 487 g/mol. The van der Waals surface area contributed by atoms with E-state index in [1.165, 1.54) is 135 Å². The Morgan fingerprint density at radius 3 is 1.15 bits per heavy atom. The van der Waals surface area contributed by atoms with Crippen molar-refractivity contribution in [2.45, 2.75) is 174 Å². The number of rotatable bonds is 27. The van der Waals surface area contributed by atoms with E-state index in [2.05, 4.69) is 26.0 Å². The summed E-state index contributed by atoms with van der Waals surface area (Å²) in [5.41, 5.74) is 0. The third-order valence-electron chi connectivity index (χ3n) is 7.05. The van der Waals surface area contributed by atoms with Crippen molar-refractivity contribution in [1.29, 1.82) is 0 Å². The summed E-state index contributed by atoms with van der Waals surface area (Å²) in [4.78, 5) is 11.4. The largest absolute Gasteiger partial charge is 1.00 e. The van der Waals surface area contributed by atoms with Gasteiger partial charge in [-0.05, 0) is 44.4 Å². The Morgan fingerprint density at radius 1 is 0.529 bits per heavy atom. The topological polar surface area (TPSA) is 40.1 Å². The van der Waals surface area contributed by atoms with Gasteiger partial charge in [0.2, 0.25) is 0 Å². The molecule has 196 valence electrons. The Balaban J connectivity index is 0. The summed E-state index contributed by atoms with van der Waals surface area (Å²) in [6.07, 6.45) is 36.2. The van der Waals surface area contributed by atoms with Gasteiger partial charge >= 0.3 is 29.6 Å². The summed E-state index contributed by atoms with van der Waals surface area (Å²) in [6, 6.07) is 0. The van der Waals surface area contributed by atoms with Gasteiger partial charge in [0.15, 0.2) is 0 Å². The Morgan fingerprint density at radius 2 is 0.824 bits per heavy atom. The summed E-state index contributed by atoms with van der Waals surface area (Å²) in [6.45, 7) is 4.52. The fraction of sp³-hybridized carbons (Fsp3) is 0.903. The third kappa shape index (κ3) is 28.4. The van der Waals surface area contributed by atoms with Crippen molar-refractivity contribution in [3.8, 4) is 0 Å². The molecule has 0 amide bonds. The maximum atomic E-state index is 11.4. The second-order valence-corrected chi connectivity index (χ2v) is 10.4. The molecule has 0 fully saturated rings. The number of carboxylic acids is 1. The fourth-order valence-electron chi connectivity index (χ4n) is 4.72. The zero-order valence-electron chi connectivity index (χ0n) is 23.7. The van der Waals surface area contributed by atoms with Crippen molar-refractivity contribution in [3.63, 3.8) is 0 Å². The Labute approximate surface area is 236 Å². The molecular weight excluding hydrogens is 427 g/mol. The zero-order chi connectivity index (χ0) is 24.2. The van der Waals surface area contributed by atoms with Crippen molar-refractivity contribution in [3.05, 3.63) is 12.2 Å². The van der Waals surface area contributed by atoms with Gasteiger partial charge < -0.3 is 9.90 Å². The first-order valence-electron chi connectivity index (χ1n) is 15.1. The Kier molecular flexibility index (Phi) is 33.4. The fourth-order valence-corrected chi connectivity index (χ4v) is 4.72. The summed E-state index contributed by atoms with van der Waals surface area (Å²) < 4.78 is 0. The number of carbonyl (C=O) groups is 1. The molecule has 0 bridgehead atoms. The van der Waals surface area contributed by atoms with Crippen molar-refractivity contribution in [1.82, 2.24) is 0 Å². The number of allylic oxidation sites excluding steroid dienone is 2. The zero-order valence-corrected chi connectivity index (χ0v) is 25.7. The molecule has 0 aromatic heterocycles. The number of carbonyl (C=O) groups excluding carboxylic acids is 1. The molecule has 2 nitrogen and oxygen atoms in total. The van der Waals surface area contributed by atoms with Crippen LogP contribution in [0.15, 0.2) is 12.2 Å². The van der Waals surface area contributed by atoms with Crippen LogP contribution in [0.2, 0.25) is 0 Å². The van der Waals surface area contributed by atoms with Crippen LogP contribution in [0, 0.1) is 5.92 Å². The standard InChI is InChI=1S/C31H60O2.Na/c1-3-5-7-9-11-13-14-15-16-17-18-19-20-21-23-25-27-29-30(31(32)33)28-26-24-22-12-10-8-6-4-2;/h15-16,30H,3-14,17-29H2,1-2H3,(H,32,33);/q;+1/p-1/b16-15-;. The van der Waals surface area contributed by atoms with Crippen LogP contribution in [0.3, 0.4) is 0 Å². The van der Waals surface area contributed by atoms with Crippen molar-refractivity contribution in [2.75, 3.05) is 0 Å². The van der Waals surface area contributed by atoms with Gasteiger partial charge in [-0.15, -0.1) is 0 Å². The van der Waals surface area contributed by atoms with Crippen molar-refractivity contribution < 1.29 is 39.5 Å². The van der Waals surface area contributed by atoms with E-state index in [-0.39, 0.29) is 35.5 Å². The molecule has 0 radical (unpaired) electrons. The van der Waals surface area contributed by atoms with Crippen LogP contribution < -0.4 is 34.7 Å². The predicted molar refractivity (Wildman–Crippen MR) is 144 cm³/mol. The van der Waals surface area contributed by atoms with E-state index in [4.69, 9.17) is 0 Å². The molecule has 0 saturated carbocycles. The van der Waals surface area contributed by atoms with Crippen molar-refractivity contribution in [2.24, 2.45) is 5.92 Å². The number of hydrogen-bond acceptors (Lipinski definition) is 2. The van der Waals surface area contributed by atoms with E-state index in [1.54, 1.807) is 0 Å². The molecule has 0 rings (SSSR count). The smallest absolute Gasteiger partial charge is 0.550 e. The van der Waals surface area contributed by atoms with Crippen molar-refractivity contribution >= 4 is 5.97 Å². The number of aliphatic carboxylic acids is 1. The Bertz CT molecular complexity index is 422. The quantitative estimate of drug-likeness (QED) is 0.0736. The molecule has 0 aliphatic rings. The van der Waals surface area contributed by atoms with Crippen LogP contribution in [0.1, 0.15) is 174 Å². The molecule has 0 spiro atoms. The summed E-state index contributed by atoms with van der Waals surface area (Å²) in [5.74, 6) is -1.03. The van der Waals surface area contributed by atoms with Gasteiger partial charge in [-0.1, -0.05) is 148 Å². The molecule has 34 heavy (non-hydrogen) atoms. The van der Waals surface area contributed by atoms with Gasteiger partial charge in [-0.25, -0.2) is 0 Å². The van der Waals surface area contributed by atoms with Gasteiger partial charge in [0, 0.05) is 5.97 Å². The second kappa shape index (κ2) is 31.2. The maximum Gasteiger partial charge on any atom is 1.00 e. The van der Waals surface area contributed by atoms with Gasteiger partial charge in [0.25, 0.3) is 0 Å². The average Bonchev–Trinajstić information content (AvgIpc) is 2.81. The molecule has 0 saturated heterocycles. The van der Waals surface area contributed by atoms with E-state index < -0.39 is 5.97 Å². The van der Waals surface area contributed by atoms with Crippen LogP contribution >= 0.6 is 0 Å². The molecular formula is C31H59NaO2. The molecule has 0 heterocycles. The predicted octanol–water partition coefficient (Wildman–Crippen LogP) is 6.71. The van der Waals surface area contributed by atoms with Gasteiger partial charge in [-0.2, -0.15) is 0 Å². The minimum absolute atomic E-state index is 0. The monoisotopic (exact) mass is 486 g/mol. The summed E-state index contributed by atoms with van der Waals surface area (Å²) in [7, 11) is 0. The van der Waals surface area contributed by atoms with Crippen LogP contribution in [0.25, 0.3) is 0 Å². The molecule has 0 aromatic rings. The van der Waals surface area contributed by atoms with E-state index in [0.717, 1.165) is 25.7 Å².